The topological polar surface area (TPSA) is 53.0 Å². The van der Waals surface area contributed by atoms with Crippen LogP contribution in [0.4, 0.5) is 4.79 Å². The molecular formula is C14H16IN3O2. The quantitative estimate of drug-likeness (QED) is 0.249. The van der Waals surface area contributed by atoms with Gasteiger partial charge in [0.1, 0.15) is 6.54 Å². The van der Waals surface area contributed by atoms with Crippen molar-refractivity contribution >= 4 is 40.7 Å². The predicted molar refractivity (Wildman–Crippen MR) is 86.0 cm³/mol. The van der Waals surface area contributed by atoms with Gasteiger partial charge in [-0.2, -0.15) is 5.10 Å². The standard InChI is InChI=1S/C14H16IN3O2/c15-8-4-5-9-17-13(19)11-18(14(17)20)16-10-12-6-2-1-3-7-12/h1-3,6-7,10H,4-5,8-9,11H2/b16-10-. The van der Waals surface area contributed by atoms with Gasteiger partial charge in [0.25, 0.3) is 5.91 Å². The summed E-state index contributed by atoms with van der Waals surface area (Å²) in [4.78, 5) is 25.1. The Morgan fingerprint density at radius 1 is 1.20 bits per heavy atom. The Balaban J connectivity index is 1.96. The Morgan fingerprint density at radius 3 is 2.65 bits per heavy atom. The molecule has 0 saturated carbocycles. The molecule has 6 heteroatoms. The Labute approximate surface area is 131 Å². The van der Waals surface area contributed by atoms with E-state index in [-0.39, 0.29) is 18.5 Å². The third-order valence-corrected chi connectivity index (χ3v) is 3.71. The van der Waals surface area contributed by atoms with Gasteiger partial charge in [-0.25, -0.2) is 9.80 Å². The smallest absolute Gasteiger partial charge is 0.272 e. The fraction of sp³-hybridized carbons (Fsp3) is 0.357. The first-order valence-corrected chi connectivity index (χ1v) is 8.02. The maximum Gasteiger partial charge on any atom is 0.347 e. The van der Waals surface area contributed by atoms with Crippen LogP contribution in [0.2, 0.25) is 0 Å². The molecule has 0 atom stereocenters. The zero-order valence-electron chi connectivity index (χ0n) is 11.0. The predicted octanol–water partition coefficient (Wildman–Crippen LogP) is 2.50. The minimum Gasteiger partial charge on any atom is -0.272 e. The van der Waals surface area contributed by atoms with E-state index >= 15 is 0 Å². The summed E-state index contributed by atoms with van der Waals surface area (Å²) >= 11 is 2.29. The number of hydrogen-bond acceptors (Lipinski definition) is 3. The Bertz CT molecular complexity index is 504. The molecule has 2 rings (SSSR count). The molecule has 1 aliphatic rings. The molecule has 1 fully saturated rings. The fourth-order valence-corrected chi connectivity index (χ4v) is 2.42. The molecule has 0 spiro atoms. The number of benzene rings is 1. The van der Waals surface area contributed by atoms with Gasteiger partial charge >= 0.3 is 6.03 Å². The van der Waals surface area contributed by atoms with E-state index in [2.05, 4.69) is 27.7 Å². The van der Waals surface area contributed by atoms with Gasteiger partial charge in [-0.1, -0.05) is 52.9 Å². The second kappa shape index (κ2) is 7.37. The van der Waals surface area contributed by atoms with Crippen molar-refractivity contribution in [1.82, 2.24) is 9.91 Å². The van der Waals surface area contributed by atoms with Crippen LogP contribution in [0, 0.1) is 0 Å². The molecule has 3 amide bonds. The zero-order chi connectivity index (χ0) is 14.4. The van der Waals surface area contributed by atoms with Gasteiger partial charge in [0.05, 0.1) is 6.21 Å². The number of urea groups is 1. The number of carbonyl (C=O) groups excluding carboxylic acids is 2. The van der Waals surface area contributed by atoms with Crippen LogP contribution in [0.3, 0.4) is 0 Å². The molecule has 20 heavy (non-hydrogen) atoms. The number of rotatable bonds is 6. The minimum atomic E-state index is -0.323. The van der Waals surface area contributed by atoms with E-state index in [0.717, 1.165) is 22.8 Å². The maximum absolute atomic E-state index is 12.0. The average Bonchev–Trinajstić information content (AvgIpc) is 2.74. The highest BCUT2D eigenvalue weighted by Gasteiger charge is 2.35. The maximum atomic E-state index is 12.0. The summed E-state index contributed by atoms with van der Waals surface area (Å²) in [5, 5.41) is 5.32. The normalized spacial score (nSPS) is 15.7. The number of unbranched alkanes of at least 4 members (excludes halogenated alkanes) is 1. The Kier molecular flexibility index (Phi) is 5.51. The molecule has 1 heterocycles. The first-order valence-electron chi connectivity index (χ1n) is 6.49. The number of hydrogen-bond donors (Lipinski definition) is 0. The van der Waals surface area contributed by atoms with Gasteiger partial charge in [-0.3, -0.25) is 9.69 Å². The Hall–Kier alpha value is -1.44. The highest BCUT2D eigenvalue weighted by atomic mass is 127. The SMILES string of the molecule is O=C1CN(/N=C\c2ccccc2)C(=O)N1CCCCI. The Morgan fingerprint density at radius 2 is 1.95 bits per heavy atom. The van der Waals surface area contributed by atoms with Crippen molar-refractivity contribution in [2.45, 2.75) is 12.8 Å². The minimum absolute atomic E-state index is 0.0341. The van der Waals surface area contributed by atoms with E-state index in [1.54, 1.807) is 6.21 Å². The third-order valence-electron chi connectivity index (χ3n) is 2.95. The van der Waals surface area contributed by atoms with Crippen LogP contribution in [0.25, 0.3) is 0 Å². The molecular weight excluding hydrogens is 369 g/mol. The summed E-state index contributed by atoms with van der Waals surface area (Å²) in [6.07, 6.45) is 3.45. The van der Waals surface area contributed by atoms with Gasteiger partial charge in [0, 0.05) is 6.54 Å². The lowest BCUT2D eigenvalue weighted by Crippen LogP contribution is -2.32. The first-order chi connectivity index (χ1) is 9.72. The summed E-state index contributed by atoms with van der Waals surface area (Å²) < 4.78 is 1.03. The van der Waals surface area contributed by atoms with Gasteiger partial charge in [-0.05, 0) is 22.8 Å². The fourth-order valence-electron chi connectivity index (χ4n) is 1.88. The molecule has 1 saturated heterocycles. The molecule has 106 valence electrons. The van der Waals surface area contributed by atoms with Crippen LogP contribution in [0.5, 0.6) is 0 Å². The number of carbonyl (C=O) groups is 2. The van der Waals surface area contributed by atoms with E-state index in [0.29, 0.717) is 6.54 Å². The van der Waals surface area contributed by atoms with Crippen LogP contribution < -0.4 is 0 Å². The number of amides is 3. The van der Waals surface area contributed by atoms with Crippen LogP contribution in [-0.4, -0.2) is 45.6 Å². The highest BCUT2D eigenvalue weighted by molar-refractivity contribution is 14.1. The monoisotopic (exact) mass is 385 g/mol. The van der Waals surface area contributed by atoms with E-state index in [9.17, 15) is 9.59 Å². The second-order valence-corrected chi connectivity index (χ2v) is 5.52. The lowest BCUT2D eigenvalue weighted by atomic mass is 10.2. The highest BCUT2D eigenvalue weighted by Crippen LogP contribution is 2.12. The van der Waals surface area contributed by atoms with E-state index < -0.39 is 0 Å². The number of alkyl halides is 1. The van der Waals surface area contributed by atoms with Crippen molar-refractivity contribution in [1.29, 1.82) is 0 Å². The van der Waals surface area contributed by atoms with Crippen molar-refractivity contribution in [2.75, 3.05) is 17.5 Å². The molecule has 1 aromatic carbocycles. The average molecular weight is 385 g/mol. The molecule has 0 N–H and O–H groups in total. The number of imide groups is 1. The van der Waals surface area contributed by atoms with E-state index in [4.69, 9.17) is 0 Å². The third kappa shape index (κ3) is 3.78. The summed E-state index contributed by atoms with van der Waals surface area (Å²) in [5.41, 5.74) is 0.899. The zero-order valence-corrected chi connectivity index (χ0v) is 13.2. The molecule has 0 radical (unpaired) electrons. The first kappa shape index (κ1) is 15.0. The largest absolute Gasteiger partial charge is 0.347 e. The van der Waals surface area contributed by atoms with E-state index in [1.807, 2.05) is 30.3 Å². The van der Waals surface area contributed by atoms with Gasteiger partial charge in [0.15, 0.2) is 0 Å². The molecule has 0 unspecified atom stereocenters. The van der Waals surface area contributed by atoms with Crippen molar-refractivity contribution in [3.63, 3.8) is 0 Å². The molecule has 5 nitrogen and oxygen atoms in total. The van der Waals surface area contributed by atoms with Crippen molar-refractivity contribution in [2.24, 2.45) is 5.10 Å². The van der Waals surface area contributed by atoms with Gasteiger partial charge in [-0.15, -0.1) is 0 Å². The lowest BCUT2D eigenvalue weighted by molar-refractivity contribution is -0.125. The summed E-state index contributed by atoms with van der Waals surface area (Å²) in [6.45, 7) is 0.518. The van der Waals surface area contributed by atoms with E-state index in [1.165, 1.54) is 9.91 Å². The summed E-state index contributed by atoms with van der Waals surface area (Å²) in [6, 6.07) is 9.17. The summed E-state index contributed by atoms with van der Waals surface area (Å²) in [5.74, 6) is -0.173. The van der Waals surface area contributed by atoms with Crippen LogP contribution in [-0.2, 0) is 4.79 Å². The molecule has 1 aromatic rings. The molecule has 0 bridgehead atoms. The van der Waals surface area contributed by atoms with Crippen LogP contribution in [0.15, 0.2) is 35.4 Å². The van der Waals surface area contributed by atoms with Crippen LogP contribution >= 0.6 is 22.6 Å². The van der Waals surface area contributed by atoms with Crippen molar-refractivity contribution in [3.8, 4) is 0 Å². The number of halogens is 1. The van der Waals surface area contributed by atoms with Crippen molar-refractivity contribution < 1.29 is 9.59 Å². The molecule has 0 aromatic heterocycles. The molecule has 1 aliphatic heterocycles. The van der Waals surface area contributed by atoms with Gasteiger partial charge < -0.3 is 0 Å². The summed E-state index contributed by atoms with van der Waals surface area (Å²) in [7, 11) is 0. The second-order valence-electron chi connectivity index (χ2n) is 4.44. The number of nitrogens with zero attached hydrogens (tertiary/aromatic N) is 3. The lowest BCUT2D eigenvalue weighted by Gasteiger charge is -2.13. The van der Waals surface area contributed by atoms with Gasteiger partial charge in [0.2, 0.25) is 0 Å². The van der Waals surface area contributed by atoms with Crippen molar-refractivity contribution in [3.05, 3.63) is 35.9 Å². The van der Waals surface area contributed by atoms with Crippen LogP contribution in [0.1, 0.15) is 18.4 Å². The number of hydrazone groups is 1. The molecule has 0 aliphatic carbocycles.